The SMILES string of the molecule is CC(C)(C)OC(=O)C1CCC(N=C(N)Nc2ccc3c(c2)OCCCO3)CC1.I. The van der Waals surface area contributed by atoms with Gasteiger partial charge in [0.15, 0.2) is 17.5 Å². The first-order valence-electron chi connectivity index (χ1n) is 10.0. The van der Waals surface area contributed by atoms with Crippen LogP contribution in [0.1, 0.15) is 52.9 Å². The zero-order valence-corrected chi connectivity index (χ0v) is 19.7. The molecule has 1 aromatic carbocycles. The molecule has 7 nitrogen and oxygen atoms in total. The van der Waals surface area contributed by atoms with Crippen LogP contribution < -0.4 is 20.5 Å². The number of halogens is 1. The van der Waals surface area contributed by atoms with Crippen molar-refractivity contribution in [2.45, 2.75) is 64.5 Å². The molecule has 0 aromatic heterocycles. The van der Waals surface area contributed by atoms with Gasteiger partial charge in [0.25, 0.3) is 0 Å². The van der Waals surface area contributed by atoms with Gasteiger partial charge in [-0.25, -0.2) is 4.99 Å². The molecular weight excluding hydrogens is 485 g/mol. The minimum atomic E-state index is -0.441. The minimum absolute atomic E-state index is 0. The molecule has 1 fully saturated rings. The van der Waals surface area contributed by atoms with Gasteiger partial charge in [-0.05, 0) is 58.6 Å². The third-order valence-corrected chi connectivity index (χ3v) is 4.78. The third-order valence-electron chi connectivity index (χ3n) is 4.78. The number of guanidine groups is 1. The maximum absolute atomic E-state index is 12.2. The first-order chi connectivity index (χ1) is 13.3. The van der Waals surface area contributed by atoms with Crippen molar-refractivity contribution in [2.75, 3.05) is 18.5 Å². The molecule has 1 aromatic rings. The van der Waals surface area contributed by atoms with Gasteiger partial charge in [-0.15, -0.1) is 24.0 Å². The quantitative estimate of drug-likeness (QED) is 0.272. The molecule has 1 heterocycles. The Hall–Kier alpha value is -1.71. The number of hydrogen-bond donors (Lipinski definition) is 2. The van der Waals surface area contributed by atoms with E-state index in [2.05, 4.69) is 10.3 Å². The summed E-state index contributed by atoms with van der Waals surface area (Å²) in [5.74, 6) is 1.69. The highest BCUT2D eigenvalue weighted by Gasteiger charge is 2.29. The molecule has 0 unspecified atom stereocenters. The fraction of sp³-hybridized carbons (Fsp3) is 0.619. The van der Waals surface area contributed by atoms with Crippen LogP contribution in [-0.2, 0) is 9.53 Å². The molecule has 1 aliphatic carbocycles. The number of aliphatic imine (C=N–C) groups is 1. The van der Waals surface area contributed by atoms with E-state index in [1.54, 1.807) is 0 Å². The molecular formula is C21H32IN3O4. The number of hydrogen-bond acceptors (Lipinski definition) is 5. The van der Waals surface area contributed by atoms with Crippen LogP contribution in [0.15, 0.2) is 23.2 Å². The van der Waals surface area contributed by atoms with Crippen molar-refractivity contribution < 1.29 is 19.0 Å². The number of nitrogens with one attached hydrogen (secondary N) is 1. The molecule has 29 heavy (non-hydrogen) atoms. The number of benzene rings is 1. The lowest BCUT2D eigenvalue weighted by Gasteiger charge is -2.28. The van der Waals surface area contributed by atoms with Gasteiger partial charge >= 0.3 is 5.97 Å². The van der Waals surface area contributed by atoms with E-state index < -0.39 is 5.60 Å². The van der Waals surface area contributed by atoms with Crippen molar-refractivity contribution in [1.29, 1.82) is 0 Å². The van der Waals surface area contributed by atoms with Crippen LogP contribution in [-0.4, -0.2) is 36.8 Å². The fourth-order valence-electron chi connectivity index (χ4n) is 3.44. The zero-order chi connectivity index (χ0) is 20.1. The molecule has 0 atom stereocenters. The van der Waals surface area contributed by atoms with E-state index in [1.807, 2.05) is 39.0 Å². The number of carbonyl (C=O) groups is 1. The van der Waals surface area contributed by atoms with Crippen LogP contribution in [0, 0.1) is 5.92 Å². The Morgan fingerprint density at radius 2 is 1.79 bits per heavy atom. The average Bonchev–Trinajstić information content (AvgIpc) is 2.85. The standard InChI is InChI=1S/C21H31N3O4.HI/c1-21(2,3)28-19(25)14-5-7-15(8-6-14)23-20(22)24-16-9-10-17-18(13-16)27-12-4-11-26-17;/h9-10,13-15H,4-8,11-12H2,1-3H3,(H3,22,23,24);1H. The Labute approximate surface area is 189 Å². The first-order valence-corrected chi connectivity index (χ1v) is 10.0. The summed E-state index contributed by atoms with van der Waals surface area (Å²) >= 11 is 0. The molecule has 0 saturated heterocycles. The molecule has 1 aliphatic heterocycles. The Morgan fingerprint density at radius 3 is 2.45 bits per heavy atom. The number of rotatable bonds is 3. The van der Waals surface area contributed by atoms with Gasteiger partial charge in [0, 0.05) is 18.2 Å². The molecule has 3 rings (SSSR count). The smallest absolute Gasteiger partial charge is 0.309 e. The highest BCUT2D eigenvalue weighted by molar-refractivity contribution is 14.0. The minimum Gasteiger partial charge on any atom is -0.490 e. The predicted octanol–water partition coefficient (Wildman–Crippen LogP) is 4.09. The molecule has 0 amide bonds. The van der Waals surface area contributed by atoms with Crippen molar-refractivity contribution in [3.8, 4) is 11.5 Å². The summed E-state index contributed by atoms with van der Waals surface area (Å²) in [6.45, 7) is 6.99. The lowest BCUT2D eigenvalue weighted by atomic mass is 9.86. The van der Waals surface area contributed by atoms with Crippen LogP contribution in [0.25, 0.3) is 0 Å². The molecule has 1 saturated carbocycles. The van der Waals surface area contributed by atoms with Crippen molar-refractivity contribution in [1.82, 2.24) is 0 Å². The highest BCUT2D eigenvalue weighted by Crippen LogP contribution is 2.32. The van der Waals surface area contributed by atoms with Crippen molar-refractivity contribution in [3.05, 3.63) is 18.2 Å². The number of nitrogens with zero attached hydrogens (tertiary/aromatic N) is 1. The van der Waals surface area contributed by atoms with Gasteiger partial charge in [0.1, 0.15) is 5.60 Å². The van der Waals surface area contributed by atoms with Crippen molar-refractivity contribution in [2.24, 2.45) is 16.6 Å². The maximum atomic E-state index is 12.2. The van der Waals surface area contributed by atoms with Gasteiger partial charge < -0.3 is 25.3 Å². The monoisotopic (exact) mass is 517 g/mol. The normalized spacial score (nSPS) is 22.1. The summed E-state index contributed by atoms with van der Waals surface area (Å²) in [6, 6.07) is 5.77. The fourth-order valence-corrected chi connectivity index (χ4v) is 3.44. The van der Waals surface area contributed by atoms with Crippen molar-refractivity contribution >= 4 is 41.6 Å². The van der Waals surface area contributed by atoms with E-state index in [1.165, 1.54) is 0 Å². The summed E-state index contributed by atoms with van der Waals surface area (Å²) in [5, 5.41) is 3.13. The van der Waals surface area contributed by atoms with Crippen LogP contribution >= 0.6 is 24.0 Å². The number of fused-ring (bicyclic) bond motifs is 1. The Balaban J connectivity index is 0.00000300. The van der Waals surface area contributed by atoms with Gasteiger partial charge in [-0.3, -0.25) is 4.79 Å². The van der Waals surface area contributed by atoms with E-state index in [9.17, 15) is 4.79 Å². The van der Waals surface area contributed by atoms with Gasteiger partial charge in [-0.2, -0.15) is 0 Å². The average molecular weight is 517 g/mol. The van der Waals surface area contributed by atoms with Crippen LogP contribution in [0.3, 0.4) is 0 Å². The van der Waals surface area contributed by atoms with E-state index in [0.717, 1.165) is 43.5 Å². The van der Waals surface area contributed by atoms with E-state index in [4.69, 9.17) is 19.9 Å². The van der Waals surface area contributed by atoms with E-state index in [0.29, 0.717) is 24.9 Å². The Kier molecular flexibility index (Phi) is 8.42. The number of ether oxygens (including phenoxy) is 3. The van der Waals surface area contributed by atoms with Gasteiger partial charge in [0.05, 0.1) is 25.2 Å². The predicted molar refractivity (Wildman–Crippen MR) is 124 cm³/mol. The maximum Gasteiger partial charge on any atom is 0.309 e. The Morgan fingerprint density at radius 1 is 1.14 bits per heavy atom. The molecule has 3 N–H and O–H groups in total. The summed E-state index contributed by atoms with van der Waals surface area (Å²) < 4.78 is 16.8. The molecule has 0 radical (unpaired) electrons. The molecule has 8 heteroatoms. The largest absolute Gasteiger partial charge is 0.490 e. The molecule has 0 bridgehead atoms. The van der Waals surface area contributed by atoms with E-state index in [-0.39, 0.29) is 41.9 Å². The van der Waals surface area contributed by atoms with E-state index >= 15 is 0 Å². The van der Waals surface area contributed by atoms with Crippen LogP contribution in [0.5, 0.6) is 11.5 Å². The topological polar surface area (TPSA) is 95.2 Å². The lowest BCUT2D eigenvalue weighted by molar-refractivity contribution is -0.161. The number of anilines is 1. The van der Waals surface area contributed by atoms with Crippen LogP contribution in [0.4, 0.5) is 5.69 Å². The second kappa shape index (κ2) is 10.4. The van der Waals surface area contributed by atoms with Gasteiger partial charge in [0.2, 0.25) is 0 Å². The number of esters is 1. The molecule has 162 valence electrons. The lowest BCUT2D eigenvalue weighted by Crippen LogP contribution is -2.32. The van der Waals surface area contributed by atoms with Gasteiger partial charge in [-0.1, -0.05) is 0 Å². The molecule has 0 spiro atoms. The first kappa shape index (κ1) is 23.6. The van der Waals surface area contributed by atoms with Crippen LogP contribution in [0.2, 0.25) is 0 Å². The Bertz CT molecular complexity index is 725. The summed E-state index contributed by atoms with van der Waals surface area (Å²) in [7, 11) is 0. The second-order valence-corrected chi connectivity index (χ2v) is 8.39. The zero-order valence-electron chi connectivity index (χ0n) is 17.4. The van der Waals surface area contributed by atoms with Crippen molar-refractivity contribution in [3.63, 3.8) is 0 Å². The molecule has 2 aliphatic rings. The third kappa shape index (κ3) is 7.24. The number of carbonyl (C=O) groups excluding carboxylic acids is 1. The number of nitrogens with two attached hydrogens (primary N) is 1. The second-order valence-electron chi connectivity index (χ2n) is 8.39. The summed E-state index contributed by atoms with van der Waals surface area (Å²) in [4.78, 5) is 16.8. The summed E-state index contributed by atoms with van der Waals surface area (Å²) in [5.41, 5.74) is 6.47. The summed E-state index contributed by atoms with van der Waals surface area (Å²) in [6.07, 6.45) is 4.08. The highest BCUT2D eigenvalue weighted by atomic mass is 127.